The Bertz CT molecular complexity index is 251. The van der Waals surface area contributed by atoms with Gasteiger partial charge in [0.25, 0.3) is 0 Å². The molecule has 0 fully saturated rings. The fourth-order valence-electron chi connectivity index (χ4n) is 1.84. The summed E-state index contributed by atoms with van der Waals surface area (Å²) < 4.78 is 5.00. The molecular formula is C11H20ClNO2. The van der Waals surface area contributed by atoms with Crippen LogP contribution in [0.25, 0.3) is 0 Å². The van der Waals surface area contributed by atoms with Gasteiger partial charge in [0.15, 0.2) is 6.10 Å². The largest absolute Gasteiger partial charge is 0.479 e. The van der Waals surface area contributed by atoms with Crippen LogP contribution in [-0.4, -0.2) is 23.7 Å². The van der Waals surface area contributed by atoms with Gasteiger partial charge in [-0.3, -0.25) is 5.41 Å². The summed E-state index contributed by atoms with van der Waals surface area (Å²) in [6.45, 7) is 4.31. The van der Waals surface area contributed by atoms with Crippen molar-refractivity contribution in [1.29, 1.82) is 5.41 Å². The van der Waals surface area contributed by atoms with Gasteiger partial charge in [0.1, 0.15) is 0 Å². The highest BCUT2D eigenvalue weighted by Gasteiger charge is 2.21. The van der Waals surface area contributed by atoms with Gasteiger partial charge in [-0.1, -0.05) is 5.57 Å². The smallest absolute Gasteiger partial charge is 0.214 e. The molecule has 0 heterocycles. The lowest BCUT2D eigenvalue weighted by Gasteiger charge is -2.22. The van der Waals surface area contributed by atoms with Crippen molar-refractivity contribution in [3.8, 4) is 0 Å². The predicted octanol–water partition coefficient (Wildman–Crippen LogP) is 2.67. The van der Waals surface area contributed by atoms with Crippen molar-refractivity contribution in [2.75, 3.05) is 6.61 Å². The Hall–Kier alpha value is -0.540. The minimum Gasteiger partial charge on any atom is -0.479 e. The van der Waals surface area contributed by atoms with Crippen LogP contribution in [0.3, 0.4) is 0 Å². The third-order valence-corrected chi connectivity index (χ3v) is 2.67. The Morgan fingerprint density at radius 2 is 2.07 bits per heavy atom. The Morgan fingerprint density at radius 1 is 1.47 bits per heavy atom. The SMILES string of the molecule is CCOC(=N)C(O)C1=C(C)CCCC1.Cl. The third kappa shape index (κ3) is 3.84. The number of hydrogen-bond acceptors (Lipinski definition) is 3. The number of aliphatic hydroxyl groups is 1. The first-order chi connectivity index (χ1) is 6.66. The predicted molar refractivity (Wildman–Crippen MR) is 63.8 cm³/mol. The van der Waals surface area contributed by atoms with Crippen molar-refractivity contribution in [3.63, 3.8) is 0 Å². The lowest BCUT2D eigenvalue weighted by atomic mass is 9.89. The normalized spacial score (nSPS) is 18.1. The first kappa shape index (κ1) is 14.5. The molecule has 3 nitrogen and oxygen atoms in total. The molecule has 0 amide bonds. The number of hydrogen-bond donors (Lipinski definition) is 2. The minimum atomic E-state index is -0.810. The molecule has 0 aromatic heterocycles. The highest BCUT2D eigenvalue weighted by atomic mass is 35.5. The Balaban J connectivity index is 0.00000196. The van der Waals surface area contributed by atoms with Gasteiger partial charge in [-0.2, -0.15) is 0 Å². The second-order valence-corrected chi connectivity index (χ2v) is 3.71. The zero-order chi connectivity index (χ0) is 10.6. The number of nitrogens with one attached hydrogen (secondary N) is 1. The molecule has 88 valence electrons. The van der Waals surface area contributed by atoms with Crippen LogP contribution in [0.15, 0.2) is 11.1 Å². The molecule has 0 aliphatic heterocycles. The van der Waals surface area contributed by atoms with Gasteiger partial charge < -0.3 is 9.84 Å². The average Bonchev–Trinajstić information content (AvgIpc) is 2.18. The Morgan fingerprint density at radius 3 is 2.60 bits per heavy atom. The lowest BCUT2D eigenvalue weighted by molar-refractivity contribution is 0.207. The lowest BCUT2D eigenvalue weighted by Crippen LogP contribution is -2.26. The summed E-state index contributed by atoms with van der Waals surface area (Å²) in [5.41, 5.74) is 2.22. The number of aliphatic hydroxyl groups excluding tert-OH is 1. The molecule has 0 aromatic rings. The van der Waals surface area contributed by atoms with Crippen LogP contribution in [0.4, 0.5) is 0 Å². The van der Waals surface area contributed by atoms with Gasteiger partial charge in [0.2, 0.25) is 5.90 Å². The number of halogens is 1. The summed E-state index contributed by atoms with van der Waals surface area (Å²) in [7, 11) is 0. The first-order valence-corrected chi connectivity index (χ1v) is 5.24. The Kier molecular flexibility index (Phi) is 6.61. The summed E-state index contributed by atoms with van der Waals surface area (Å²) in [6.07, 6.45) is 3.46. The van der Waals surface area contributed by atoms with E-state index in [0.29, 0.717) is 6.61 Å². The van der Waals surface area contributed by atoms with Crippen LogP contribution in [-0.2, 0) is 4.74 Å². The van der Waals surface area contributed by atoms with E-state index >= 15 is 0 Å². The van der Waals surface area contributed by atoms with Crippen LogP contribution in [0, 0.1) is 5.41 Å². The van der Waals surface area contributed by atoms with Gasteiger partial charge in [0.05, 0.1) is 6.61 Å². The molecular weight excluding hydrogens is 214 g/mol. The molecule has 0 spiro atoms. The number of allylic oxidation sites excluding steroid dienone is 1. The second-order valence-electron chi connectivity index (χ2n) is 3.71. The third-order valence-electron chi connectivity index (χ3n) is 2.67. The monoisotopic (exact) mass is 233 g/mol. The van der Waals surface area contributed by atoms with Crippen molar-refractivity contribution >= 4 is 18.3 Å². The van der Waals surface area contributed by atoms with Crippen LogP contribution in [0.1, 0.15) is 39.5 Å². The zero-order valence-corrected chi connectivity index (χ0v) is 10.2. The summed E-state index contributed by atoms with van der Waals surface area (Å²) in [4.78, 5) is 0. The van der Waals surface area contributed by atoms with Crippen LogP contribution in [0.2, 0.25) is 0 Å². The summed E-state index contributed by atoms with van der Waals surface area (Å²) in [5.74, 6) is -0.0104. The standard InChI is InChI=1S/C11H19NO2.ClH/c1-3-14-11(12)10(13)9-7-5-4-6-8(9)2;/h10,12-13H,3-7H2,1-2H3;1H. The molecule has 0 bridgehead atoms. The highest BCUT2D eigenvalue weighted by Crippen LogP contribution is 2.27. The van der Waals surface area contributed by atoms with Crippen molar-refractivity contribution < 1.29 is 9.84 Å². The molecule has 4 heteroatoms. The molecule has 0 aromatic carbocycles. The van der Waals surface area contributed by atoms with Crippen LogP contribution >= 0.6 is 12.4 Å². The molecule has 1 rings (SSSR count). The molecule has 1 atom stereocenters. The van der Waals surface area contributed by atoms with Crippen LogP contribution < -0.4 is 0 Å². The fraction of sp³-hybridized carbons (Fsp3) is 0.727. The summed E-state index contributed by atoms with van der Waals surface area (Å²) in [6, 6.07) is 0. The van der Waals surface area contributed by atoms with Crippen LogP contribution in [0.5, 0.6) is 0 Å². The maximum atomic E-state index is 9.84. The summed E-state index contributed by atoms with van der Waals surface area (Å²) in [5, 5.41) is 17.4. The van der Waals surface area contributed by atoms with E-state index in [4.69, 9.17) is 10.1 Å². The van der Waals surface area contributed by atoms with Gasteiger partial charge >= 0.3 is 0 Å². The number of ether oxygens (including phenoxy) is 1. The zero-order valence-electron chi connectivity index (χ0n) is 9.38. The van der Waals surface area contributed by atoms with E-state index in [9.17, 15) is 5.11 Å². The van der Waals surface area contributed by atoms with Crippen molar-refractivity contribution in [2.24, 2.45) is 0 Å². The van der Waals surface area contributed by atoms with E-state index in [1.807, 2.05) is 13.8 Å². The molecule has 15 heavy (non-hydrogen) atoms. The maximum Gasteiger partial charge on any atom is 0.214 e. The van der Waals surface area contributed by atoms with E-state index < -0.39 is 6.10 Å². The van der Waals surface area contributed by atoms with E-state index in [-0.39, 0.29) is 18.3 Å². The molecule has 0 radical (unpaired) electrons. The van der Waals surface area contributed by atoms with Gasteiger partial charge in [-0.25, -0.2) is 0 Å². The first-order valence-electron chi connectivity index (χ1n) is 5.24. The van der Waals surface area contributed by atoms with Gasteiger partial charge in [-0.15, -0.1) is 12.4 Å². The van der Waals surface area contributed by atoms with Crippen molar-refractivity contribution in [1.82, 2.24) is 0 Å². The Labute approximate surface area is 97.4 Å². The molecule has 1 aliphatic carbocycles. The summed E-state index contributed by atoms with van der Waals surface area (Å²) >= 11 is 0. The van der Waals surface area contributed by atoms with E-state index in [1.165, 1.54) is 12.0 Å². The van der Waals surface area contributed by atoms with E-state index in [2.05, 4.69) is 0 Å². The quantitative estimate of drug-likeness (QED) is 0.447. The minimum absolute atomic E-state index is 0. The van der Waals surface area contributed by atoms with Gasteiger partial charge in [-0.05, 0) is 45.1 Å². The van der Waals surface area contributed by atoms with E-state index in [1.54, 1.807) is 0 Å². The molecule has 2 N–H and O–H groups in total. The molecule has 1 aliphatic rings. The molecule has 1 unspecified atom stereocenters. The average molecular weight is 234 g/mol. The maximum absolute atomic E-state index is 9.84. The second kappa shape index (κ2) is 6.85. The fourth-order valence-corrected chi connectivity index (χ4v) is 1.84. The molecule has 0 saturated heterocycles. The van der Waals surface area contributed by atoms with E-state index in [0.717, 1.165) is 24.8 Å². The number of rotatable bonds is 3. The topological polar surface area (TPSA) is 53.3 Å². The molecule has 0 saturated carbocycles. The van der Waals surface area contributed by atoms with Gasteiger partial charge in [0, 0.05) is 0 Å². The van der Waals surface area contributed by atoms with Crippen molar-refractivity contribution in [2.45, 2.75) is 45.6 Å². The van der Waals surface area contributed by atoms with Crippen molar-refractivity contribution in [3.05, 3.63) is 11.1 Å². The highest BCUT2D eigenvalue weighted by molar-refractivity contribution is 5.85.